The number of nitrogens with zero attached hydrogens (tertiary/aromatic N) is 3. The van der Waals surface area contributed by atoms with E-state index in [4.69, 9.17) is 4.74 Å². The molecule has 0 aliphatic carbocycles. The molecule has 0 spiro atoms. The standard InChI is InChI=1S/C19H24N4O2/c1-2-25-18(15-7-4-3-5-8-15)19(24)23-13-10-16(11-14-23)21-17-9-6-12-20-22-17/h3-9,12,16,18H,2,10-11,13-14H2,1H3,(H,21,22). The van der Waals surface area contributed by atoms with Crippen LogP contribution in [0.25, 0.3) is 0 Å². The number of likely N-dealkylation sites (tertiary alicyclic amines) is 1. The Labute approximate surface area is 148 Å². The van der Waals surface area contributed by atoms with E-state index >= 15 is 0 Å². The van der Waals surface area contributed by atoms with Crippen molar-refractivity contribution in [3.8, 4) is 0 Å². The summed E-state index contributed by atoms with van der Waals surface area (Å²) in [6.07, 6.45) is 2.91. The SMILES string of the molecule is CCOC(C(=O)N1CCC(Nc2cccnn2)CC1)c1ccccc1. The fourth-order valence-corrected chi connectivity index (χ4v) is 3.10. The van der Waals surface area contributed by atoms with Crippen molar-refractivity contribution in [2.24, 2.45) is 0 Å². The molecule has 1 aromatic carbocycles. The molecule has 132 valence electrons. The molecule has 2 aromatic rings. The van der Waals surface area contributed by atoms with Crippen LogP contribution < -0.4 is 5.32 Å². The molecule has 1 aliphatic heterocycles. The van der Waals surface area contributed by atoms with Gasteiger partial charge in [-0.1, -0.05) is 30.3 Å². The number of rotatable bonds is 6. The highest BCUT2D eigenvalue weighted by molar-refractivity contribution is 5.82. The highest BCUT2D eigenvalue weighted by Crippen LogP contribution is 2.23. The second kappa shape index (κ2) is 8.58. The van der Waals surface area contributed by atoms with Gasteiger partial charge in [0.05, 0.1) is 0 Å². The molecule has 25 heavy (non-hydrogen) atoms. The number of hydrogen-bond donors (Lipinski definition) is 1. The van der Waals surface area contributed by atoms with Crippen molar-refractivity contribution in [3.63, 3.8) is 0 Å². The van der Waals surface area contributed by atoms with Crippen molar-refractivity contribution in [2.45, 2.75) is 31.9 Å². The average molecular weight is 340 g/mol. The van der Waals surface area contributed by atoms with Gasteiger partial charge in [0, 0.05) is 31.9 Å². The van der Waals surface area contributed by atoms with E-state index in [0.29, 0.717) is 25.7 Å². The predicted octanol–water partition coefficient (Wildman–Crippen LogP) is 2.66. The number of aromatic nitrogens is 2. The van der Waals surface area contributed by atoms with Gasteiger partial charge in [0.2, 0.25) is 0 Å². The van der Waals surface area contributed by atoms with Gasteiger partial charge in [-0.05, 0) is 37.5 Å². The van der Waals surface area contributed by atoms with Crippen LogP contribution in [-0.4, -0.2) is 46.7 Å². The van der Waals surface area contributed by atoms with E-state index in [-0.39, 0.29) is 5.91 Å². The maximum absolute atomic E-state index is 12.9. The normalized spacial score (nSPS) is 16.4. The quantitative estimate of drug-likeness (QED) is 0.876. The third kappa shape index (κ3) is 4.54. The van der Waals surface area contributed by atoms with E-state index in [0.717, 1.165) is 24.2 Å². The van der Waals surface area contributed by atoms with Crippen LogP contribution in [0.3, 0.4) is 0 Å². The lowest BCUT2D eigenvalue weighted by atomic mass is 10.0. The largest absolute Gasteiger partial charge is 0.366 e. The number of ether oxygens (including phenoxy) is 1. The van der Waals surface area contributed by atoms with Gasteiger partial charge in [-0.25, -0.2) is 0 Å². The second-order valence-corrected chi connectivity index (χ2v) is 6.10. The molecule has 2 heterocycles. The Morgan fingerprint density at radius 1 is 1.24 bits per heavy atom. The number of amides is 1. The molecule has 6 nitrogen and oxygen atoms in total. The van der Waals surface area contributed by atoms with Gasteiger partial charge in [0.1, 0.15) is 5.82 Å². The van der Waals surface area contributed by atoms with Crippen LogP contribution >= 0.6 is 0 Å². The highest BCUT2D eigenvalue weighted by atomic mass is 16.5. The van der Waals surface area contributed by atoms with Gasteiger partial charge < -0.3 is 15.0 Å². The Bertz CT molecular complexity index is 658. The molecule has 3 rings (SSSR count). The Morgan fingerprint density at radius 3 is 2.64 bits per heavy atom. The lowest BCUT2D eigenvalue weighted by Crippen LogP contribution is -2.44. The fraction of sp³-hybridized carbons (Fsp3) is 0.421. The third-order valence-electron chi connectivity index (χ3n) is 4.39. The van der Waals surface area contributed by atoms with Crippen LogP contribution in [0.5, 0.6) is 0 Å². The number of carbonyl (C=O) groups excluding carboxylic acids is 1. The first-order chi connectivity index (χ1) is 12.3. The van der Waals surface area contributed by atoms with Crippen molar-refractivity contribution >= 4 is 11.7 Å². The molecule has 1 atom stereocenters. The molecule has 1 fully saturated rings. The summed E-state index contributed by atoms with van der Waals surface area (Å²) < 4.78 is 5.74. The lowest BCUT2D eigenvalue weighted by molar-refractivity contribution is -0.145. The van der Waals surface area contributed by atoms with Gasteiger partial charge in [-0.3, -0.25) is 4.79 Å². The number of piperidine rings is 1. The van der Waals surface area contributed by atoms with Crippen LogP contribution in [-0.2, 0) is 9.53 Å². The molecule has 1 unspecified atom stereocenters. The first-order valence-corrected chi connectivity index (χ1v) is 8.77. The molecule has 0 radical (unpaired) electrons. The summed E-state index contributed by atoms with van der Waals surface area (Å²) in [7, 11) is 0. The summed E-state index contributed by atoms with van der Waals surface area (Å²) in [6.45, 7) is 3.86. The van der Waals surface area contributed by atoms with Crippen molar-refractivity contribution < 1.29 is 9.53 Å². The molecule has 0 saturated carbocycles. The zero-order chi connectivity index (χ0) is 17.5. The summed E-state index contributed by atoms with van der Waals surface area (Å²) in [4.78, 5) is 14.8. The van der Waals surface area contributed by atoms with Crippen LogP contribution in [0.4, 0.5) is 5.82 Å². The summed E-state index contributed by atoms with van der Waals surface area (Å²) >= 11 is 0. The van der Waals surface area contributed by atoms with Crippen molar-refractivity contribution in [1.82, 2.24) is 15.1 Å². The zero-order valence-electron chi connectivity index (χ0n) is 14.5. The number of anilines is 1. The molecule has 6 heteroatoms. The molecule has 1 amide bonds. The van der Waals surface area contributed by atoms with E-state index in [1.165, 1.54) is 0 Å². The van der Waals surface area contributed by atoms with E-state index < -0.39 is 6.10 Å². The topological polar surface area (TPSA) is 67.3 Å². The number of nitrogens with one attached hydrogen (secondary N) is 1. The third-order valence-corrected chi connectivity index (χ3v) is 4.39. The van der Waals surface area contributed by atoms with Gasteiger partial charge in [-0.15, -0.1) is 5.10 Å². The second-order valence-electron chi connectivity index (χ2n) is 6.10. The summed E-state index contributed by atoms with van der Waals surface area (Å²) in [6, 6.07) is 13.8. The predicted molar refractivity (Wildman–Crippen MR) is 96.1 cm³/mol. The molecule has 0 bridgehead atoms. The van der Waals surface area contributed by atoms with Crippen LogP contribution in [0.1, 0.15) is 31.4 Å². The molecule has 1 saturated heterocycles. The molecule has 1 aromatic heterocycles. The van der Waals surface area contributed by atoms with E-state index in [9.17, 15) is 4.79 Å². The minimum atomic E-state index is -0.518. The molecule has 1 aliphatic rings. The van der Waals surface area contributed by atoms with Crippen LogP contribution in [0, 0.1) is 0 Å². The molecular formula is C19H24N4O2. The van der Waals surface area contributed by atoms with Crippen LogP contribution in [0.2, 0.25) is 0 Å². The lowest BCUT2D eigenvalue weighted by Gasteiger charge is -2.34. The Morgan fingerprint density at radius 2 is 2.00 bits per heavy atom. The first kappa shape index (κ1) is 17.4. The number of benzene rings is 1. The molecule has 1 N–H and O–H groups in total. The Hall–Kier alpha value is -2.47. The summed E-state index contributed by atoms with van der Waals surface area (Å²) in [5, 5.41) is 11.3. The number of carbonyl (C=O) groups is 1. The van der Waals surface area contributed by atoms with E-state index in [1.807, 2.05) is 54.3 Å². The van der Waals surface area contributed by atoms with Gasteiger partial charge in [-0.2, -0.15) is 5.10 Å². The van der Waals surface area contributed by atoms with Crippen molar-refractivity contribution in [1.29, 1.82) is 0 Å². The minimum Gasteiger partial charge on any atom is -0.366 e. The minimum absolute atomic E-state index is 0.0472. The summed E-state index contributed by atoms with van der Waals surface area (Å²) in [5.41, 5.74) is 0.911. The van der Waals surface area contributed by atoms with E-state index in [2.05, 4.69) is 15.5 Å². The summed E-state index contributed by atoms with van der Waals surface area (Å²) in [5.74, 6) is 0.828. The smallest absolute Gasteiger partial charge is 0.256 e. The zero-order valence-corrected chi connectivity index (χ0v) is 14.5. The average Bonchev–Trinajstić information content (AvgIpc) is 2.68. The Balaban J connectivity index is 1.58. The maximum Gasteiger partial charge on any atom is 0.256 e. The van der Waals surface area contributed by atoms with Crippen LogP contribution in [0.15, 0.2) is 48.7 Å². The van der Waals surface area contributed by atoms with E-state index in [1.54, 1.807) is 6.20 Å². The fourth-order valence-electron chi connectivity index (χ4n) is 3.10. The van der Waals surface area contributed by atoms with Gasteiger partial charge in [0.15, 0.2) is 6.10 Å². The molecular weight excluding hydrogens is 316 g/mol. The number of hydrogen-bond acceptors (Lipinski definition) is 5. The maximum atomic E-state index is 12.9. The van der Waals surface area contributed by atoms with Gasteiger partial charge in [0.25, 0.3) is 5.91 Å². The van der Waals surface area contributed by atoms with Gasteiger partial charge >= 0.3 is 0 Å². The first-order valence-electron chi connectivity index (χ1n) is 8.77. The monoisotopic (exact) mass is 340 g/mol. The Kier molecular flexibility index (Phi) is 5.95. The highest BCUT2D eigenvalue weighted by Gasteiger charge is 2.29. The van der Waals surface area contributed by atoms with Crippen molar-refractivity contribution in [3.05, 3.63) is 54.2 Å². The van der Waals surface area contributed by atoms with Crippen molar-refractivity contribution in [2.75, 3.05) is 25.0 Å².